The third-order valence-corrected chi connectivity index (χ3v) is 3.69. The van der Waals surface area contributed by atoms with Crippen LogP contribution in [-0.2, 0) is 4.74 Å². The molecule has 0 unspecified atom stereocenters. The van der Waals surface area contributed by atoms with Crippen LogP contribution in [-0.4, -0.2) is 48.5 Å². The second kappa shape index (κ2) is 6.14. The summed E-state index contributed by atoms with van der Waals surface area (Å²) in [5.41, 5.74) is 5.76. The maximum atomic E-state index is 9.19. The molecule has 0 bridgehead atoms. The van der Waals surface area contributed by atoms with Gasteiger partial charge in [0, 0.05) is 25.1 Å². The Morgan fingerprint density at radius 3 is 2.89 bits per heavy atom. The number of nitrogens with zero attached hydrogens (tertiary/aromatic N) is 3. The van der Waals surface area contributed by atoms with E-state index in [9.17, 15) is 5.11 Å². The predicted molar refractivity (Wildman–Crippen MR) is 77.7 cm³/mol. The Labute approximate surface area is 115 Å². The molecule has 2 rings (SSSR count). The summed E-state index contributed by atoms with van der Waals surface area (Å²) >= 11 is 1.59. The van der Waals surface area contributed by atoms with E-state index in [1.807, 2.05) is 17.9 Å². The molecule has 3 N–H and O–H groups in total. The van der Waals surface area contributed by atoms with Crippen molar-refractivity contribution in [3.63, 3.8) is 0 Å². The molecule has 104 valence electrons. The summed E-state index contributed by atoms with van der Waals surface area (Å²) < 4.78 is 5.09. The molecule has 0 fully saturated rings. The number of aliphatic hydroxyl groups is 1. The molecule has 0 aromatic carbocycles. The highest BCUT2D eigenvalue weighted by molar-refractivity contribution is 7.18. The molecule has 0 aliphatic rings. The van der Waals surface area contributed by atoms with Crippen LogP contribution in [0.25, 0.3) is 10.2 Å². The molecule has 2 heterocycles. The normalized spacial score (nSPS) is 11.1. The van der Waals surface area contributed by atoms with Crippen LogP contribution >= 0.6 is 11.3 Å². The number of nitrogens with two attached hydrogens (primary N) is 1. The Balaban J connectivity index is 2.44. The highest BCUT2D eigenvalue weighted by atomic mass is 32.1. The molecule has 0 radical (unpaired) electrons. The highest BCUT2D eigenvalue weighted by Gasteiger charge is 2.15. The Morgan fingerprint density at radius 1 is 1.42 bits per heavy atom. The smallest absolute Gasteiger partial charge is 0.223 e. The van der Waals surface area contributed by atoms with Gasteiger partial charge in [-0.2, -0.15) is 4.98 Å². The van der Waals surface area contributed by atoms with Crippen LogP contribution in [0.1, 0.15) is 4.88 Å². The van der Waals surface area contributed by atoms with Gasteiger partial charge in [0.2, 0.25) is 5.95 Å². The minimum atomic E-state index is 0.0538. The number of aryl methyl sites for hydroxylation is 1. The second-order valence-electron chi connectivity index (χ2n) is 4.18. The molecular weight excluding hydrogens is 264 g/mol. The van der Waals surface area contributed by atoms with Crippen LogP contribution in [0.15, 0.2) is 6.07 Å². The van der Waals surface area contributed by atoms with Crippen molar-refractivity contribution in [2.24, 2.45) is 0 Å². The summed E-state index contributed by atoms with van der Waals surface area (Å²) in [4.78, 5) is 12.6. The minimum Gasteiger partial charge on any atom is -0.395 e. The number of methoxy groups -OCH3 is 1. The van der Waals surface area contributed by atoms with Gasteiger partial charge in [-0.05, 0) is 13.0 Å². The van der Waals surface area contributed by atoms with Crippen LogP contribution < -0.4 is 10.6 Å². The van der Waals surface area contributed by atoms with E-state index in [0.717, 1.165) is 20.9 Å². The summed E-state index contributed by atoms with van der Waals surface area (Å²) in [7, 11) is 1.65. The van der Waals surface area contributed by atoms with Gasteiger partial charge in [0.1, 0.15) is 10.6 Å². The van der Waals surface area contributed by atoms with Crippen molar-refractivity contribution >= 4 is 33.3 Å². The first-order valence-corrected chi connectivity index (χ1v) is 6.85. The third-order valence-electron chi connectivity index (χ3n) is 2.75. The second-order valence-corrected chi connectivity index (χ2v) is 5.42. The van der Waals surface area contributed by atoms with E-state index in [2.05, 4.69) is 9.97 Å². The zero-order valence-electron chi connectivity index (χ0n) is 11.1. The molecule has 0 saturated carbocycles. The molecule has 0 amide bonds. The molecule has 0 saturated heterocycles. The molecule has 6 nitrogen and oxygen atoms in total. The first-order chi connectivity index (χ1) is 9.15. The number of rotatable bonds is 6. The van der Waals surface area contributed by atoms with Crippen LogP contribution in [0.5, 0.6) is 0 Å². The van der Waals surface area contributed by atoms with Gasteiger partial charge < -0.3 is 20.5 Å². The van der Waals surface area contributed by atoms with Gasteiger partial charge in [-0.15, -0.1) is 11.3 Å². The maximum Gasteiger partial charge on any atom is 0.223 e. The monoisotopic (exact) mass is 282 g/mol. The average Bonchev–Trinajstić information content (AvgIpc) is 2.73. The number of fused-ring (bicyclic) bond motifs is 1. The maximum absolute atomic E-state index is 9.19. The lowest BCUT2D eigenvalue weighted by molar-refractivity contribution is 0.202. The lowest BCUT2D eigenvalue weighted by Crippen LogP contribution is -2.31. The number of hydrogen-bond acceptors (Lipinski definition) is 7. The van der Waals surface area contributed by atoms with Crippen LogP contribution in [0.2, 0.25) is 0 Å². The number of thiophene rings is 1. The number of aromatic nitrogens is 2. The zero-order chi connectivity index (χ0) is 13.8. The Kier molecular flexibility index (Phi) is 4.52. The lowest BCUT2D eigenvalue weighted by Gasteiger charge is -2.23. The van der Waals surface area contributed by atoms with Gasteiger partial charge in [-0.3, -0.25) is 0 Å². The minimum absolute atomic E-state index is 0.0538. The standard InChI is InChI=1S/C12H18N4O2S/c1-8-7-9-10(14-12(13)15-11(9)19-8)16(3-5-17)4-6-18-2/h7,17H,3-6H2,1-2H3,(H2,13,14,15). The molecule has 0 aliphatic heterocycles. The average molecular weight is 282 g/mol. The van der Waals surface area contributed by atoms with Crippen molar-refractivity contribution in [2.75, 3.05) is 44.0 Å². The largest absolute Gasteiger partial charge is 0.395 e. The summed E-state index contributed by atoms with van der Waals surface area (Å²) in [6, 6.07) is 2.05. The van der Waals surface area contributed by atoms with E-state index in [0.29, 0.717) is 19.7 Å². The summed E-state index contributed by atoms with van der Waals surface area (Å²) in [5, 5.41) is 10.2. The summed E-state index contributed by atoms with van der Waals surface area (Å²) in [6.45, 7) is 3.78. The van der Waals surface area contributed by atoms with Crippen LogP contribution in [0, 0.1) is 6.92 Å². The molecule has 19 heavy (non-hydrogen) atoms. The van der Waals surface area contributed by atoms with Crippen LogP contribution in [0.4, 0.5) is 11.8 Å². The molecular formula is C12H18N4O2S. The number of hydrogen-bond donors (Lipinski definition) is 2. The van der Waals surface area contributed by atoms with Gasteiger partial charge >= 0.3 is 0 Å². The zero-order valence-corrected chi connectivity index (χ0v) is 11.9. The number of aliphatic hydroxyl groups excluding tert-OH is 1. The topological polar surface area (TPSA) is 84.5 Å². The van der Waals surface area contributed by atoms with Gasteiger partial charge in [-0.1, -0.05) is 0 Å². The van der Waals surface area contributed by atoms with Gasteiger partial charge in [0.15, 0.2) is 0 Å². The first-order valence-electron chi connectivity index (χ1n) is 6.04. The molecule has 2 aromatic rings. The quantitative estimate of drug-likeness (QED) is 0.823. The van der Waals surface area contributed by atoms with E-state index < -0.39 is 0 Å². The van der Waals surface area contributed by atoms with Gasteiger partial charge in [-0.25, -0.2) is 4.98 Å². The fourth-order valence-corrected chi connectivity index (χ4v) is 2.81. The van der Waals surface area contributed by atoms with Crippen molar-refractivity contribution in [1.29, 1.82) is 0 Å². The Bertz CT molecular complexity index is 558. The molecule has 2 aromatic heterocycles. The summed E-state index contributed by atoms with van der Waals surface area (Å²) in [6.07, 6.45) is 0. The lowest BCUT2D eigenvalue weighted by atomic mass is 10.3. The molecule has 0 atom stereocenters. The van der Waals surface area contributed by atoms with Crippen molar-refractivity contribution < 1.29 is 9.84 Å². The molecule has 0 aliphatic carbocycles. The Hall–Kier alpha value is -1.44. The predicted octanol–water partition coefficient (Wildman–Crippen LogP) is 1.03. The van der Waals surface area contributed by atoms with E-state index in [1.54, 1.807) is 18.4 Å². The van der Waals surface area contributed by atoms with E-state index in [4.69, 9.17) is 10.5 Å². The SMILES string of the molecule is COCCN(CCO)c1nc(N)nc2sc(C)cc12. The Morgan fingerprint density at radius 2 is 2.21 bits per heavy atom. The number of ether oxygens (including phenoxy) is 1. The highest BCUT2D eigenvalue weighted by Crippen LogP contribution is 2.31. The molecule has 7 heteroatoms. The van der Waals surface area contributed by atoms with Crippen molar-refractivity contribution in [3.05, 3.63) is 10.9 Å². The van der Waals surface area contributed by atoms with Crippen LogP contribution in [0.3, 0.4) is 0 Å². The van der Waals surface area contributed by atoms with E-state index in [1.165, 1.54) is 0 Å². The van der Waals surface area contributed by atoms with E-state index >= 15 is 0 Å². The van der Waals surface area contributed by atoms with Gasteiger partial charge in [0.25, 0.3) is 0 Å². The fraction of sp³-hybridized carbons (Fsp3) is 0.500. The summed E-state index contributed by atoms with van der Waals surface area (Å²) in [5.74, 6) is 1.02. The molecule has 0 spiro atoms. The van der Waals surface area contributed by atoms with Crippen molar-refractivity contribution in [1.82, 2.24) is 9.97 Å². The van der Waals surface area contributed by atoms with Crippen molar-refractivity contribution in [3.8, 4) is 0 Å². The first kappa shape index (κ1) is 14.0. The van der Waals surface area contributed by atoms with Crippen molar-refractivity contribution in [2.45, 2.75) is 6.92 Å². The number of nitrogen functional groups attached to an aromatic ring is 1. The third kappa shape index (κ3) is 3.12. The number of anilines is 2. The van der Waals surface area contributed by atoms with E-state index in [-0.39, 0.29) is 12.6 Å². The fourth-order valence-electron chi connectivity index (χ4n) is 1.93. The van der Waals surface area contributed by atoms with Gasteiger partial charge in [0.05, 0.1) is 18.6 Å².